The SMILES string of the molecule is CC(Oc1cc(Br)cc(F)c1C#N)C(F)(F)F. The van der Waals surface area contributed by atoms with Gasteiger partial charge in [0.1, 0.15) is 23.2 Å². The Labute approximate surface area is 103 Å². The minimum Gasteiger partial charge on any atom is -0.480 e. The van der Waals surface area contributed by atoms with Crippen LogP contribution in [0, 0.1) is 17.1 Å². The van der Waals surface area contributed by atoms with E-state index in [4.69, 9.17) is 5.26 Å². The number of benzene rings is 1. The summed E-state index contributed by atoms with van der Waals surface area (Å²) in [6.07, 6.45) is -6.70. The van der Waals surface area contributed by atoms with Gasteiger partial charge >= 0.3 is 6.18 Å². The smallest absolute Gasteiger partial charge is 0.425 e. The van der Waals surface area contributed by atoms with Crippen LogP contribution in [0.15, 0.2) is 16.6 Å². The van der Waals surface area contributed by atoms with Crippen molar-refractivity contribution in [3.05, 3.63) is 28.0 Å². The van der Waals surface area contributed by atoms with Crippen molar-refractivity contribution in [3.63, 3.8) is 0 Å². The molecule has 0 saturated carbocycles. The molecule has 0 N–H and O–H groups in total. The summed E-state index contributed by atoms with van der Waals surface area (Å²) in [5.41, 5.74) is -0.552. The summed E-state index contributed by atoms with van der Waals surface area (Å²) in [6, 6.07) is 3.55. The standard InChI is InChI=1S/C10H6BrF4NO/c1-5(10(13,14)15)17-9-3-6(11)2-8(12)7(9)4-16/h2-3,5H,1H3. The Morgan fingerprint density at radius 3 is 2.47 bits per heavy atom. The van der Waals surface area contributed by atoms with Gasteiger partial charge in [-0.3, -0.25) is 0 Å². The number of nitriles is 1. The number of ether oxygens (including phenoxy) is 1. The maximum absolute atomic E-state index is 13.2. The molecule has 1 aromatic rings. The van der Waals surface area contributed by atoms with E-state index in [1.165, 1.54) is 6.07 Å². The van der Waals surface area contributed by atoms with Crippen LogP contribution >= 0.6 is 15.9 Å². The third kappa shape index (κ3) is 3.33. The largest absolute Gasteiger partial charge is 0.480 e. The van der Waals surface area contributed by atoms with Crippen molar-refractivity contribution in [2.75, 3.05) is 0 Å². The van der Waals surface area contributed by atoms with Gasteiger partial charge in [0, 0.05) is 4.47 Å². The zero-order valence-corrected chi connectivity index (χ0v) is 10.1. The van der Waals surface area contributed by atoms with E-state index >= 15 is 0 Å². The lowest BCUT2D eigenvalue weighted by atomic mass is 10.2. The Bertz CT molecular complexity index is 467. The number of alkyl halides is 3. The minimum absolute atomic E-state index is 0.193. The Morgan fingerprint density at radius 1 is 1.41 bits per heavy atom. The van der Waals surface area contributed by atoms with E-state index in [0.29, 0.717) is 0 Å². The van der Waals surface area contributed by atoms with E-state index in [1.807, 2.05) is 0 Å². The van der Waals surface area contributed by atoms with Gasteiger partial charge in [-0.05, 0) is 19.1 Å². The van der Waals surface area contributed by atoms with E-state index in [-0.39, 0.29) is 4.47 Å². The topological polar surface area (TPSA) is 33.0 Å². The minimum atomic E-state index is -4.58. The molecule has 0 fully saturated rings. The third-order valence-electron chi connectivity index (χ3n) is 1.90. The monoisotopic (exact) mass is 311 g/mol. The first-order valence-electron chi connectivity index (χ1n) is 4.38. The molecule has 1 unspecified atom stereocenters. The highest BCUT2D eigenvalue weighted by atomic mass is 79.9. The van der Waals surface area contributed by atoms with E-state index in [9.17, 15) is 17.6 Å². The van der Waals surface area contributed by atoms with Crippen LogP contribution in [-0.2, 0) is 0 Å². The summed E-state index contributed by atoms with van der Waals surface area (Å²) in [5.74, 6) is -1.38. The maximum Gasteiger partial charge on any atom is 0.425 e. The molecular weight excluding hydrogens is 306 g/mol. The first-order chi connectivity index (χ1) is 7.75. The number of nitrogens with zero attached hydrogens (tertiary/aromatic N) is 1. The number of rotatable bonds is 2. The highest BCUT2D eigenvalue weighted by molar-refractivity contribution is 9.10. The average molecular weight is 312 g/mol. The second kappa shape index (κ2) is 4.92. The van der Waals surface area contributed by atoms with Crippen LogP contribution in [0.4, 0.5) is 17.6 Å². The number of hydrogen-bond acceptors (Lipinski definition) is 2. The molecule has 0 aliphatic rings. The Morgan fingerprint density at radius 2 is 2.00 bits per heavy atom. The van der Waals surface area contributed by atoms with Crippen LogP contribution in [-0.4, -0.2) is 12.3 Å². The molecule has 0 saturated heterocycles. The normalized spacial score (nSPS) is 13.0. The quantitative estimate of drug-likeness (QED) is 0.779. The third-order valence-corrected chi connectivity index (χ3v) is 2.35. The van der Waals surface area contributed by atoms with Crippen LogP contribution in [0.25, 0.3) is 0 Å². The van der Waals surface area contributed by atoms with Crippen LogP contribution in [0.2, 0.25) is 0 Å². The molecule has 1 rings (SSSR count). The number of hydrogen-bond donors (Lipinski definition) is 0. The van der Waals surface area contributed by atoms with Gasteiger partial charge in [0.25, 0.3) is 0 Å². The van der Waals surface area contributed by atoms with Gasteiger partial charge in [-0.25, -0.2) is 4.39 Å². The van der Waals surface area contributed by atoms with Crippen LogP contribution in [0.1, 0.15) is 12.5 Å². The maximum atomic E-state index is 13.2. The molecule has 0 aromatic heterocycles. The average Bonchev–Trinajstić information content (AvgIpc) is 2.15. The molecule has 0 radical (unpaired) electrons. The Balaban J connectivity index is 3.11. The van der Waals surface area contributed by atoms with Crippen LogP contribution in [0.3, 0.4) is 0 Å². The van der Waals surface area contributed by atoms with Crippen molar-refractivity contribution in [2.24, 2.45) is 0 Å². The van der Waals surface area contributed by atoms with E-state index in [0.717, 1.165) is 19.1 Å². The molecular formula is C10H6BrF4NO. The van der Waals surface area contributed by atoms with Crippen molar-refractivity contribution >= 4 is 15.9 Å². The zero-order valence-electron chi connectivity index (χ0n) is 8.48. The van der Waals surface area contributed by atoms with Crippen molar-refractivity contribution in [2.45, 2.75) is 19.2 Å². The summed E-state index contributed by atoms with van der Waals surface area (Å²) in [4.78, 5) is 0. The van der Waals surface area contributed by atoms with Crippen molar-refractivity contribution < 1.29 is 22.3 Å². The van der Waals surface area contributed by atoms with Gasteiger partial charge in [-0.15, -0.1) is 0 Å². The molecule has 92 valence electrons. The molecule has 0 aliphatic heterocycles. The zero-order chi connectivity index (χ0) is 13.2. The van der Waals surface area contributed by atoms with Gasteiger partial charge in [0.2, 0.25) is 0 Å². The van der Waals surface area contributed by atoms with Crippen molar-refractivity contribution in [1.29, 1.82) is 5.26 Å². The van der Waals surface area contributed by atoms with E-state index in [2.05, 4.69) is 20.7 Å². The molecule has 1 atom stereocenters. The lowest BCUT2D eigenvalue weighted by Crippen LogP contribution is -2.31. The first-order valence-corrected chi connectivity index (χ1v) is 5.17. The summed E-state index contributed by atoms with van der Waals surface area (Å²) >= 11 is 2.91. The molecule has 7 heteroatoms. The van der Waals surface area contributed by atoms with Crippen molar-refractivity contribution in [3.8, 4) is 11.8 Å². The molecule has 1 aromatic carbocycles. The van der Waals surface area contributed by atoms with Gasteiger partial charge < -0.3 is 4.74 Å². The second-order valence-electron chi connectivity index (χ2n) is 3.17. The van der Waals surface area contributed by atoms with Gasteiger partial charge in [-0.1, -0.05) is 15.9 Å². The van der Waals surface area contributed by atoms with Crippen LogP contribution < -0.4 is 4.74 Å². The van der Waals surface area contributed by atoms with Gasteiger partial charge in [-0.2, -0.15) is 18.4 Å². The molecule has 0 amide bonds. The fourth-order valence-electron chi connectivity index (χ4n) is 1.01. The highest BCUT2D eigenvalue weighted by Gasteiger charge is 2.38. The van der Waals surface area contributed by atoms with E-state index in [1.54, 1.807) is 0 Å². The second-order valence-corrected chi connectivity index (χ2v) is 4.09. The summed E-state index contributed by atoms with van der Waals surface area (Å²) in [5, 5.41) is 8.64. The summed E-state index contributed by atoms with van der Waals surface area (Å²) < 4.78 is 54.8. The molecule has 0 spiro atoms. The first kappa shape index (κ1) is 13.8. The van der Waals surface area contributed by atoms with Crippen molar-refractivity contribution in [1.82, 2.24) is 0 Å². The summed E-state index contributed by atoms with van der Waals surface area (Å²) in [7, 11) is 0. The van der Waals surface area contributed by atoms with Gasteiger partial charge in [0.15, 0.2) is 6.10 Å². The highest BCUT2D eigenvalue weighted by Crippen LogP contribution is 2.30. The predicted molar refractivity (Wildman–Crippen MR) is 55.0 cm³/mol. The fraction of sp³-hybridized carbons (Fsp3) is 0.300. The lowest BCUT2D eigenvalue weighted by Gasteiger charge is -2.18. The fourth-order valence-corrected chi connectivity index (χ4v) is 1.42. The van der Waals surface area contributed by atoms with Crippen LogP contribution in [0.5, 0.6) is 5.75 Å². The lowest BCUT2D eigenvalue weighted by molar-refractivity contribution is -0.189. The Hall–Kier alpha value is -1.29. The molecule has 17 heavy (non-hydrogen) atoms. The van der Waals surface area contributed by atoms with Gasteiger partial charge in [0.05, 0.1) is 0 Å². The van der Waals surface area contributed by atoms with E-state index < -0.39 is 29.4 Å². The summed E-state index contributed by atoms with van der Waals surface area (Å²) in [6.45, 7) is 0.778. The molecule has 0 bridgehead atoms. The molecule has 2 nitrogen and oxygen atoms in total. The molecule has 0 heterocycles. The number of halogens is 5. The Kier molecular flexibility index (Phi) is 3.98. The molecule has 0 aliphatic carbocycles. The predicted octanol–water partition coefficient (Wildman–Crippen LogP) is 3.79.